The average Bonchev–Trinajstić information content (AvgIpc) is 2.40. The van der Waals surface area contributed by atoms with E-state index in [1.54, 1.807) is 18.2 Å². The zero-order valence-corrected chi connectivity index (χ0v) is 11.7. The molecule has 0 aliphatic carbocycles. The third-order valence-corrected chi connectivity index (χ3v) is 5.60. The molecule has 0 bridgehead atoms. The standard InChI is InChI=1S/C13H17NO2S2/c15-12-4-2-1-3-10(12)7-13(16)14-8-11-9-17-5-6-18-11/h1-4,11,15H,5-9H2,(H,14,16). The molecule has 1 aliphatic rings. The van der Waals surface area contributed by atoms with Gasteiger partial charge in [0.05, 0.1) is 6.42 Å². The van der Waals surface area contributed by atoms with E-state index < -0.39 is 0 Å². The van der Waals surface area contributed by atoms with Crippen LogP contribution in [-0.2, 0) is 11.2 Å². The molecule has 1 fully saturated rings. The lowest BCUT2D eigenvalue weighted by molar-refractivity contribution is -0.120. The first-order valence-corrected chi connectivity index (χ1v) is 8.19. The molecule has 1 aliphatic heterocycles. The van der Waals surface area contributed by atoms with Gasteiger partial charge in [0.2, 0.25) is 5.91 Å². The molecule has 3 nitrogen and oxygen atoms in total. The van der Waals surface area contributed by atoms with Gasteiger partial charge in [0, 0.05) is 34.6 Å². The summed E-state index contributed by atoms with van der Waals surface area (Å²) in [6.07, 6.45) is 0.247. The lowest BCUT2D eigenvalue weighted by Gasteiger charge is -2.21. The molecule has 1 aromatic rings. The Bertz CT molecular complexity index is 406. The van der Waals surface area contributed by atoms with Crippen LogP contribution in [0.1, 0.15) is 5.56 Å². The van der Waals surface area contributed by atoms with E-state index in [2.05, 4.69) is 5.32 Å². The van der Waals surface area contributed by atoms with Crippen LogP contribution in [0.3, 0.4) is 0 Å². The molecule has 2 rings (SSSR count). The Morgan fingerprint density at radius 1 is 1.39 bits per heavy atom. The predicted molar refractivity (Wildman–Crippen MR) is 78.4 cm³/mol. The summed E-state index contributed by atoms with van der Waals surface area (Å²) in [4.78, 5) is 11.8. The van der Waals surface area contributed by atoms with Crippen molar-refractivity contribution in [1.82, 2.24) is 5.32 Å². The van der Waals surface area contributed by atoms with Crippen molar-refractivity contribution >= 4 is 29.4 Å². The fraction of sp³-hybridized carbons (Fsp3) is 0.462. The third-order valence-electron chi connectivity index (χ3n) is 2.75. The molecular formula is C13H17NO2S2. The fourth-order valence-corrected chi connectivity index (χ4v) is 4.39. The van der Waals surface area contributed by atoms with Crippen molar-refractivity contribution in [2.75, 3.05) is 23.8 Å². The highest BCUT2D eigenvalue weighted by Gasteiger charge is 2.15. The maximum Gasteiger partial charge on any atom is 0.224 e. The molecule has 18 heavy (non-hydrogen) atoms. The molecule has 1 saturated heterocycles. The van der Waals surface area contributed by atoms with E-state index in [1.165, 1.54) is 11.5 Å². The predicted octanol–water partition coefficient (Wildman–Crippen LogP) is 1.90. The second kappa shape index (κ2) is 6.95. The number of nitrogens with one attached hydrogen (secondary N) is 1. The second-order valence-corrected chi connectivity index (χ2v) is 6.74. The summed E-state index contributed by atoms with van der Waals surface area (Å²) >= 11 is 3.88. The summed E-state index contributed by atoms with van der Waals surface area (Å²) in [6.45, 7) is 0.726. The van der Waals surface area contributed by atoms with Gasteiger partial charge < -0.3 is 10.4 Å². The number of rotatable bonds is 4. The molecule has 5 heteroatoms. The van der Waals surface area contributed by atoms with Crippen molar-refractivity contribution in [3.63, 3.8) is 0 Å². The van der Waals surface area contributed by atoms with Crippen molar-refractivity contribution in [3.05, 3.63) is 29.8 Å². The van der Waals surface area contributed by atoms with Crippen molar-refractivity contribution in [1.29, 1.82) is 0 Å². The van der Waals surface area contributed by atoms with Gasteiger partial charge in [-0.05, 0) is 6.07 Å². The van der Waals surface area contributed by atoms with Crippen molar-refractivity contribution in [3.8, 4) is 5.75 Å². The minimum Gasteiger partial charge on any atom is -0.508 e. The van der Waals surface area contributed by atoms with Gasteiger partial charge in [-0.1, -0.05) is 18.2 Å². The number of phenols is 1. The molecule has 1 unspecified atom stereocenters. The first-order chi connectivity index (χ1) is 8.75. The van der Waals surface area contributed by atoms with E-state index in [1.807, 2.05) is 29.6 Å². The number of amides is 1. The van der Waals surface area contributed by atoms with Crippen molar-refractivity contribution in [2.24, 2.45) is 0 Å². The van der Waals surface area contributed by atoms with E-state index in [0.29, 0.717) is 10.8 Å². The molecule has 1 atom stereocenters. The van der Waals surface area contributed by atoms with Crippen LogP contribution in [-0.4, -0.2) is 40.1 Å². The zero-order valence-electron chi connectivity index (χ0n) is 10.1. The van der Waals surface area contributed by atoms with Crippen LogP contribution in [0, 0.1) is 0 Å². The van der Waals surface area contributed by atoms with Crippen molar-refractivity contribution in [2.45, 2.75) is 11.7 Å². The van der Waals surface area contributed by atoms with Gasteiger partial charge in [0.25, 0.3) is 0 Å². The number of phenolic OH excluding ortho intramolecular Hbond substituents is 1. The lowest BCUT2D eigenvalue weighted by atomic mass is 10.1. The van der Waals surface area contributed by atoms with E-state index in [4.69, 9.17) is 0 Å². The van der Waals surface area contributed by atoms with E-state index in [0.717, 1.165) is 12.3 Å². The first kappa shape index (κ1) is 13.6. The van der Waals surface area contributed by atoms with Crippen LogP contribution >= 0.6 is 23.5 Å². The summed E-state index contributed by atoms with van der Waals surface area (Å²) in [6, 6.07) is 6.97. The van der Waals surface area contributed by atoms with Gasteiger partial charge in [-0.2, -0.15) is 23.5 Å². The number of carbonyl (C=O) groups excluding carboxylic acids is 1. The zero-order chi connectivity index (χ0) is 12.8. The van der Waals surface area contributed by atoms with E-state index in [9.17, 15) is 9.90 Å². The fourth-order valence-electron chi connectivity index (χ4n) is 1.78. The number of thioether (sulfide) groups is 2. The highest BCUT2D eigenvalue weighted by atomic mass is 32.2. The molecule has 1 amide bonds. The number of hydrogen-bond acceptors (Lipinski definition) is 4. The second-order valence-electron chi connectivity index (χ2n) is 4.18. The molecule has 98 valence electrons. The van der Waals surface area contributed by atoms with Crippen LogP contribution in [0.15, 0.2) is 24.3 Å². The summed E-state index contributed by atoms with van der Waals surface area (Å²) in [5.74, 6) is 3.67. The summed E-state index contributed by atoms with van der Waals surface area (Å²) in [7, 11) is 0. The van der Waals surface area contributed by atoms with Gasteiger partial charge >= 0.3 is 0 Å². The Balaban J connectivity index is 1.76. The molecule has 0 aromatic heterocycles. The number of benzene rings is 1. The van der Waals surface area contributed by atoms with E-state index in [-0.39, 0.29) is 18.1 Å². The van der Waals surface area contributed by atoms with Gasteiger partial charge in [0.15, 0.2) is 0 Å². The Morgan fingerprint density at radius 3 is 2.94 bits per heavy atom. The maximum absolute atomic E-state index is 11.8. The maximum atomic E-state index is 11.8. The normalized spacial score (nSPS) is 19.4. The molecule has 2 N–H and O–H groups in total. The number of para-hydroxylation sites is 1. The lowest BCUT2D eigenvalue weighted by Crippen LogP contribution is -2.34. The first-order valence-electron chi connectivity index (χ1n) is 5.98. The summed E-state index contributed by atoms with van der Waals surface area (Å²) in [5, 5.41) is 13.1. The average molecular weight is 283 g/mol. The Hall–Kier alpha value is -0.810. The molecule has 0 spiro atoms. The molecular weight excluding hydrogens is 266 g/mol. The van der Waals surface area contributed by atoms with Crippen molar-refractivity contribution < 1.29 is 9.90 Å². The van der Waals surface area contributed by atoms with Gasteiger partial charge in [0.1, 0.15) is 5.75 Å². The Kier molecular flexibility index (Phi) is 5.26. The molecule has 0 radical (unpaired) electrons. The largest absolute Gasteiger partial charge is 0.508 e. The van der Waals surface area contributed by atoms with Gasteiger partial charge in [-0.15, -0.1) is 0 Å². The minimum absolute atomic E-state index is 0.0207. The Labute approximate surface area is 116 Å². The van der Waals surface area contributed by atoms with Crippen LogP contribution in [0.25, 0.3) is 0 Å². The molecule has 1 heterocycles. The van der Waals surface area contributed by atoms with Crippen LogP contribution in [0.2, 0.25) is 0 Å². The monoisotopic (exact) mass is 283 g/mol. The third kappa shape index (κ3) is 4.14. The van der Waals surface area contributed by atoms with Gasteiger partial charge in [-0.3, -0.25) is 4.79 Å². The number of hydrogen-bond donors (Lipinski definition) is 2. The van der Waals surface area contributed by atoms with E-state index >= 15 is 0 Å². The van der Waals surface area contributed by atoms with Crippen LogP contribution in [0.5, 0.6) is 5.75 Å². The quantitative estimate of drug-likeness (QED) is 0.886. The van der Waals surface area contributed by atoms with Gasteiger partial charge in [-0.25, -0.2) is 0 Å². The summed E-state index contributed by atoms with van der Waals surface area (Å²) in [5.41, 5.74) is 0.681. The van der Waals surface area contributed by atoms with Crippen LogP contribution in [0.4, 0.5) is 0 Å². The Morgan fingerprint density at radius 2 is 2.22 bits per heavy atom. The molecule has 0 saturated carbocycles. The smallest absolute Gasteiger partial charge is 0.224 e. The highest BCUT2D eigenvalue weighted by molar-refractivity contribution is 8.06. The minimum atomic E-state index is -0.0207. The number of aromatic hydroxyl groups is 1. The number of carbonyl (C=O) groups is 1. The highest BCUT2D eigenvalue weighted by Crippen LogP contribution is 2.23. The summed E-state index contributed by atoms with van der Waals surface area (Å²) < 4.78 is 0. The SMILES string of the molecule is O=C(Cc1ccccc1O)NCC1CSCCS1. The van der Waals surface area contributed by atoms with Crippen LogP contribution < -0.4 is 5.32 Å². The topological polar surface area (TPSA) is 49.3 Å². The molecule has 1 aromatic carbocycles.